The molecule has 0 atom stereocenters. The van der Waals surface area contributed by atoms with Crippen molar-refractivity contribution in [2.24, 2.45) is 5.16 Å². The van der Waals surface area contributed by atoms with E-state index in [0.29, 0.717) is 22.6 Å². The van der Waals surface area contributed by atoms with E-state index in [1.807, 2.05) is 36.4 Å². The molecule has 138 valence electrons. The van der Waals surface area contributed by atoms with Gasteiger partial charge in [0.05, 0.1) is 16.6 Å². The van der Waals surface area contributed by atoms with Crippen LogP contribution in [0.3, 0.4) is 0 Å². The van der Waals surface area contributed by atoms with Crippen LogP contribution in [0, 0.1) is 0 Å². The Morgan fingerprint density at radius 2 is 1.57 bits per heavy atom. The van der Waals surface area contributed by atoms with Crippen LogP contribution in [0.15, 0.2) is 65.8 Å². The first-order valence-corrected chi connectivity index (χ1v) is 8.50. The highest BCUT2D eigenvalue weighted by molar-refractivity contribution is 6.26. The van der Waals surface area contributed by atoms with Gasteiger partial charge < -0.3 is 10.2 Å². The summed E-state index contributed by atoms with van der Waals surface area (Å²) in [4.78, 5) is 7.49. The molecule has 1 aliphatic rings. The third-order valence-corrected chi connectivity index (χ3v) is 4.94. The number of alkyl halides is 3. The second kappa shape index (κ2) is 5.69. The number of oxime groups is 1. The van der Waals surface area contributed by atoms with Crippen LogP contribution < -0.4 is 0 Å². The lowest BCUT2D eigenvalue weighted by molar-refractivity contribution is -0.137. The van der Waals surface area contributed by atoms with Crippen LogP contribution in [0.25, 0.3) is 33.5 Å². The van der Waals surface area contributed by atoms with E-state index < -0.39 is 11.7 Å². The molecule has 0 radical (unpaired) electrons. The summed E-state index contributed by atoms with van der Waals surface area (Å²) >= 11 is 0. The Kier molecular flexibility index (Phi) is 3.37. The molecule has 0 unspecified atom stereocenters. The highest BCUT2D eigenvalue weighted by Gasteiger charge is 2.31. The maximum atomic E-state index is 13.0. The predicted molar refractivity (Wildman–Crippen MR) is 99.4 cm³/mol. The first-order valence-electron chi connectivity index (χ1n) is 8.50. The van der Waals surface area contributed by atoms with Crippen LogP contribution >= 0.6 is 0 Å². The monoisotopic (exact) mass is 379 g/mol. The van der Waals surface area contributed by atoms with Gasteiger partial charge in [-0.3, -0.25) is 0 Å². The van der Waals surface area contributed by atoms with Crippen molar-refractivity contribution in [1.29, 1.82) is 0 Å². The number of imidazole rings is 1. The van der Waals surface area contributed by atoms with Gasteiger partial charge in [-0.15, -0.1) is 0 Å². The number of aromatic amines is 1. The maximum Gasteiger partial charge on any atom is 0.416 e. The predicted octanol–water partition coefficient (Wildman–Crippen LogP) is 5.46. The summed E-state index contributed by atoms with van der Waals surface area (Å²) in [6, 6.07) is 16.5. The molecule has 28 heavy (non-hydrogen) atoms. The van der Waals surface area contributed by atoms with Gasteiger partial charge in [0, 0.05) is 22.3 Å². The number of aromatic nitrogens is 2. The van der Waals surface area contributed by atoms with Crippen molar-refractivity contribution in [2.75, 3.05) is 0 Å². The Hall–Kier alpha value is -3.61. The highest BCUT2D eigenvalue weighted by atomic mass is 19.4. The number of fused-ring (bicyclic) bond motifs is 4. The van der Waals surface area contributed by atoms with E-state index in [1.54, 1.807) is 6.07 Å². The zero-order valence-electron chi connectivity index (χ0n) is 14.2. The minimum atomic E-state index is -4.42. The summed E-state index contributed by atoms with van der Waals surface area (Å²) in [5.41, 5.74) is 4.48. The van der Waals surface area contributed by atoms with Crippen LogP contribution in [0.2, 0.25) is 0 Å². The van der Waals surface area contributed by atoms with Crippen LogP contribution in [-0.2, 0) is 6.18 Å². The van der Waals surface area contributed by atoms with Crippen molar-refractivity contribution in [3.05, 3.63) is 77.4 Å². The van der Waals surface area contributed by atoms with Crippen molar-refractivity contribution in [2.45, 2.75) is 6.18 Å². The van der Waals surface area contributed by atoms with Crippen molar-refractivity contribution in [3.8, 4) is 22.5 Å². The summed E-state index contributed by atoms with van der Waals surface area (Å²) in [6.07, 6.45) is -4.42. The second-order valence-electron chi connectivity index (χ2n) is 6.54. The lowest BCUT2D eigenvalue weighted by atomic mass is 9.99. The van der Waals surface area contributed by atoms with Gasteiger partial charge in [-0.05, 0) is 23.8 Å². The van der Waals surface area contributed by atoms with Crippen molar-refractivity contribution in [1.82, 2.24) is 9.97 Å². The molecule has 1 heterocycles. The first-order chi connectivity index (χ1) is 13.5. The van der Waals surface area contributed by atoms with Gasteiger partial charge in [0.25, 0.3) is 0 Å². The number of hydrogen-bond donors (Lipinski definition) is 2. The molecule has 5 rings (SSSR count). The van der Waals surface area contributed by atoms with E-state index in [4.69, 9.17) is 0 Å². The minimum Gasteiger partial charge on any atom is -0.410 e. The number of nitrogens with one attached hydrogen (secondary N) is 1. The number of nitrogens with zero attached hydrogens (tertiary/aromatic N) is 2. The summed E-state index contributed by atoms with van der Waals surface area (Å²) < 4.78 is 39.0. The molecule has 0 aliphatic heterocycles. The summed E-state index contributed by atoms with van der Waals surface area (Å²) in [7, 11) is 0. The van der Waals surface area contributed by atoms with E-state index in [0.717, 1.165) is 39.9 Å². The number of halogens is 3. The van der Waals surface area contributed by atoms with Gasteiger partial charge >= 0.3 is 6.18 Å². The van der Waals surface area contributed by atoms with E-state index >= 15 is 0 Å². The number of H-pyrrole nitrogens is 1. The zero-order chi connectivity index (χ0) is 19.5. The molecule has 3 aromatic carbocycles. The number of benzene rings is 3. The standard InChI is InChI=1S/C21H12F3N3O/c22-21(23,24)11-8-9-16-17(10-11)26-20(25-16)15-7-3-6-14-18(15)12-4-1-2-5-13(12)19(14)27-28/h1-10,28H,(H,25,26)/b27-19-. The van der Waals surface area contributed by atoms with Crippen molar-refractivity contribution < 1.29 is 18.4 Å². The molecule has 4 nitrogen and oxygen atoms in total. The molecule has 7 heteroatoms. The van der Waals surface area contributed by atoms with Gasteiger partial charge in [0.2, 0.25) is 0 Å². The first kappa shape index (κ1) is 16.6. The molecule has 2 N–H and O–H groups in total. The van der Waals surface area contributed by atoms with Gasteiger partial charge in [-0.2, -0.15) is 13.2 Å². The highest BCUT2D eigenvalue weighted by Crippen LogP contribution is 2.43. The average molecular weight is 379 g/mol. The van der Waals surface area contributed by atoms with Gasteiger partial charge in [0.15, 0.2) is 0 Å². The second-order valence-corrected chi connectivity index (χ2v) is 6.54. The lowest BCUT2D eigenvalue weighted by Crippen LogP contribution is -2.04. The number of rotatable bonds is 1. The molecule has 0 spiro atoms. The summed E-state index contributed by atoms with van der Waals surface area (Å²) in [5.74, 6) is 0.458. The molecule has 4 aromatic rings. The van der Waals surface area contributed by atoms with Gasteiger partial charge in [0.1, 0.15) is 11.5 Å². The Bertz CT molecular complexity index is 1270. The molecule has 0 bridgehead atoms. The lowest BCUT2D eigenvalue weighted by Gasteiger charge is -2.06. The molecular weight excluding hydrogens is 367 g/mol. The molecular formula is C21H12F3N3O. The van der Waals surface area contributed by atoms with E-state index in [2.05, 4.69) is 15.1 Å². The van der Waals surface area contributed by atoms with Crippen LogP contribution in [-0.4, -0.2) is 20.9 Å². The molecule has 1 aliphatic carbocycles. The number of hydrogen-bond acceptors (Lipinski definition) is 3. The summed E-state index contributed by atoms with van der Waals surface area (Å²) in [6.45, 7) is 0. The van der Waals surface area contributed by atoms with E-state index in [-0.39, 0.29) is 0 Å². The molecule has 0 saturated heterocycles. The van der Waals surface area contributed by atoms with E-state index in [1.165, 1.54) is 6.07 Å². The van der Waals surface area contributed by atoms with Crippen molar-refractivity contribution >= 4 is 16.7 Å². The fourth-order valence-corrected chi connectivity index (χ4v) is 3.71. The fraction of sp³-hybridized carbons (Fsp3) is 0.0476. The van der Waals surface area contributed by atoms with Crippen LogP contribution in [0.5, 0.6) is 0 Å². The smallest absolute Gasteiger partial charge is 0.410 e. The Morgan fingerprint density at radius 1 is 0.857 bits per heavy atom. The Balaban J connectivity index is 1.74. The van der Waals surface area contributed by atoms with Crippen LogP contribution in [0.4, 0.5) is 13.2 Å². The maximum absolute atomic E-state index is 13.0. The molecule has 0 saturated carbocycles. The normalized spacial score (nSPS) is 14.5. The third kappa shape index (κ3) is 2.32. The molecule has 0 fully saturated rings. The zero-order valence-corrected chi connectivity index (χ0v) is 14.2. The van der Waals surface area contributed by atoms with Gasteiger partial charge in [-0.1, -0.05) is 47.6 Å². The third-order valence-electron chi connectivity index (χ3n) is 4.94. The topological polar surface area (TPSA) is 61.3 Å². The Morgan fingerprint density at radius 3 is 2.32 bits per heavy atom. The van der Waals surface area contributed by atoms with E-state index in [9.17, 15) is 18.4 Å². The van der Waals surface area contributed by atoms with Crippen LogP contribution in [0.1, 0.15) is 16.7 Å². The molecule has 0 amide bonds. The summed E-state index contributed by atoms with van der Waals surface area (Å²) in [5, 5.41) is 12.9. The largest absolute Gasteiger partial charge is 0.416 e. The molecule has 1 aromatic heterocycles. The quantitative estimate of drug-likeness (QED) is 0.300. The fourth-order valence-electron chi connectivity index (χ4n) is 3.71. The average Bonchev–Trinajstić information content (AvgIpc) is 3.25. The SMILES string of the molecule is O/N=C1/c2ccccc2-c2c1cccc2-c1nc2ccc(C(F)(F)F)cc2[nH]1. The van der Waals surface area contributed by atoms with Crippen molar-refractivity contribution in [3.63, 3.8) is 0 Å². The minimum absolute atomic E-state index is 0.310. The Labute approximate surface area is 157 Å². The van der Waals surface area contributed by atoms with Gasteiger partial charge in [-0.25, -0.2) is 4.98 Å².